The summed E-state index contributed by atoms with van der Waals surface area (Å²) in [6, 6.07) is 0. The lowest BCUT2D eigenvalue weighted by Crippen LogP contribution is -2.23. The van der Waals surface area contributed by atoms with Gasteiger partial charge in [0.05, 0.1) is 0 Å². The molecule has 1 atom stereocenters. The average molecular weight is 178 g/mol. The molecule has 12 heavy (non-hydrogen) atoms. The largest absolute Gasteiger partial charge is 0.244 e. The van der Waals surface area contributed by atoms with Gasteiger partial charge in [-0.3, -0.25) is 0 Å². The summed E-state index contributed by atoms with van der Waals surface area (Å²) in [7, 11) is 0. The molecular weight excluding hydrogens is 151 g/mol. The zero-order valence-corrected chi connectivity index (χ0v) is 10.2. The molecule has 0 aromatic rings. The van der Waals surface area contributed by atoms with Crippen molar-refractivity contribution in [3.63, 3.8) is 0 Å². The van der Waals surface area contributed by atoms with E-state index in [0.717, 1.165) is 0 Å². The van der Waals surface area contributed by atoms with Gasteiger partial charge >= 0.3 is 0 Å². The standard InChI is InChI=1S/C7H15F.2C2H6/c1-5-7(4,8)6(2)3;2*1-2/h6H,5H2,1-4H3;2*1-2H3. The SMILES string of the molecule is CC.CC.CCC(C)(F)C(C)C. The number of halogens is 1. The Labute approximate surface area is 78.6 Å². The third-order valence-electron chi connectivity index (χ3n) is 1.90. The fourth-order valence-electron chi connectivity index (χ4n) is 0.408. The van der Waals surface area contributed by atoms with Gasteiger partial charge in [0, 0.05) is 0 Å². The zero-order chi connectivity index (χ0) is 10.8. The molecule has 78 valence electrons. The van der Waals surface area contributed by atoms with Crippen LogP contribution in [0.5, 0.6) is 0 Å². The molecule has 0 aliphatic rings. The van der Waals surface area contributed by atoms with Crippen molar-refractivity contribution in [1.82, 2.24) is 0 Å². The first kappa shape index (κ1) is 17.9. The number of hydrogen-bond donors (Lipinski definition) is 0. The fraction of sp³-hybridized carbons (Fsp3) is 1.00. The Bertz CT molecular complexity index is 65.4. The van der Waals surface area contributed by atoms with Crippen molar-refractivity contribution in [2.75, 3.05) is 0 Å². The summed E-state index contributed by atoms with van der Waals surface area (Å²) >= 11 is 0. The molecule has 0 N–H and O–H groups in total. The Morgan fingerprint density at radius 3 is 1.33 bits per heavy atom. The van der Waals surface area contributed by atoms with E-state index in [0.29, 0.717) is 6.42 Å². The van der Waals surface area contributed by atoms with E-state index in [-0.39, 0.29) is 5.92 Å². The lowest BCUT2D eigenvalue weighted by molar-refractivity contribution is 0.118. The third-order valence-corrected chi connectivity index (χ3v) is 1.90. The maximum atomic E-state index is 12.9. The highest BCUT2D eigenvalue weighted by Gasteiger charge is 2.24. The molecule has 0 fully saturated rings. The number of hydrogen-bond acceptors (Lipinski definition) is 0. The van der Waals surface area contributed by atoms with Gasteiger partial charge in [-0.15, -0.1) is 0 Å². The van der Waals surface area contributed by atoms with Gasteiger partial charge in [0.15, 0.2) is 0 Å². The normalized spacial score (nSPS) is 13.5. The topological polar surface area (TPSA) is 0 Å². The maximum absolute atomic E-state index is 12.9. The monoisotopic (exact) mass is 178 g/mol. The minimum absolute atomic E-state index is 0.146. The molecule has 0 bridgehead atoms. The van der Waals surface area contributed by atoms with Gasteiger partial charge in [-0.1, -0.05) is 48.5 Å². The molecule has 0 saturated heterocycles. The lowest BCUT2D eigenvalue weighted by Gasteiger charge is -2.22. The van der Waals surface area contributed by atoms with Crippen molar-refractivity contribution >= 4 is 0 Å². The quantitative estimate of drug-likeness (QED) is 0.568. The van der Waals surface area contributed by atoms with Crippen LogP contribution in [0.4, 0.5) is 4.39 Å². The van der Waals surface area contributed by atoms with E-state index >= 15 is 0 Å². The first-order valence-electron chi connectivity index (χ1n) is 5.19. The molecule has 0 aliphatic carbocycles. The van der Waals surface area contributed by atoms with Crippen molar-refractivity contribution in [1.29, 1.82) is 0 Å². The van der Waals surface area contributed by atoms with Crippen molar-refractivity contribution in [2.45, 2.75) is 67.5 Å². The van der Waals surface area contributed by atoms with Crippen LogP contribution in [0.3, 0.4) is 0 Å². The van der Waals surface area contributed by atoms with Gasteiger partial charge in [0.1, 0.15) is 5.67 Å². The Morgan fingerprint density at radius 1 is 1.08 bits per heavy atom. The summed E-state index contributed by atoms with van der Waals surface area (Å²) < 4.78 is 12.9. The van der Waals surface area contributed by atoms with Crippen LogP contribution in [-0.2, 0) is 0 Å². The highest BCUT2D eigenvalue weighted by molar-refractivity contribution is 4.73. The average Bonchev–Trinajstić information content (AvgIpc) is 2.11. The smallest absolute Gasteiger partial charge is 0.110 e. The van der Waals surface area contributed by atoms with Gasteiger partial charge in [-0.05, 0) is 19.3 Å². The second-order valence-corrected chi connectivity index (χ2v) is 2.79. The molecule has 0 saturated carbocycles. The van der Waals surface area contributed by atoms with Gasteiger partial charge in [0.2, 0.25) is 0 Å². The van der Waals surface area contributed by atoms with Crippen LogP contribution in [0, 0.1) is 5.92 Å². The molecular formula is C11H27F. The van der Waals surface area contributed by atoms with E-state index in [9.17, 15) is 4.39 Å². The van der Waals surface area contributed by atoms with Gasteiger partial charge in [-0.2, -0.15) is 0 Å². The van der Waals surface area contributed by atoms with Crippen LogP contribution in [0.25, 0.3) is 0 Å². The van der Waals surface area contributed by atoms with Crippen molar-refractivity contribution < 1.29 is 4.39 Å². The van der Waals surface area contributed by atoms with E-state index in [1.165, 1.54) is 0 Å². The molecule has 0 radical (unpaired) electrons. The molecule has 1 heteroatoms. The molecule has 0 aliphatic heterocycles. The molecule has 0 amide bonds. The van der Waals surface area contributed by atoms with Crippen molar-refractivity contribution in [3.8, 4) is 0 Å². The molecule has 0 nitrogen and oxygen atoms in total. The number of alkyl halides is 1. The second-order valence-electron chi connectivity index (χ2n) is 2.79. The van der Waals surface area contributed by atoms with Crippen molar-refractivity contribution in [2.24, 2.45) is 5.92 Å². The van der Waals surface area contributed by atoms with Crippen LogP contribution in [-0.4, -0.2) is 5.67 Å². The van der Waals surface area contributed by atoms with E-state index in [4.69, 9.17) is 0 Å². The Morgan fingerprint density at radius 2 is 1.33 bits per heavy atom. The fourth-order valence-corrected chi connectivity index (χ4v) is 0.408. The van der Waals surface area contributed by atoms with Crippen LogP contribution < -0.4 is 0 Å². The van der Waals surface area contributed by atoms with Crippen LogP contribution >= 0.6 is 0 Å². The van der Waals surface area contributed by atoms with Gasteiger partial charge in [0.25, 0.3) is 0 Å². The number of rotatable bonds is 2. The highest BCUT2D eigenvalue weighted by Crippen LogP contribution is 2.24. The molecule has 0 rings (SSSR count). The predicted octanol–water partition coefficient (Wildman–Crippen LogP) is 4.83. The third kappa shape index (κ3) is 9.93. The van der Waals surface area contributed by atoms with Crippen LogP contribution in [0.1, 0.15) is 61.8 Å². The predicted molar refractivity (Wildman–Crippen MR) is 57.3 cm³/mol. The molecule has 0 aromatic carbocycles. The zero-order valence-electron chi connectivity index (χ0n) is 10.2. The minimum Gasteiger partial charge on any atom is -0.244 e. The second kappa shape index (κ2) is 10.9. The van der Waals surface area contributed by atoms with E-state index < -0.39 is 5.67 Å². The lowest BCUT2D eigenvalue weighted by atomic mass is 9.92. The first-order chi connectivity index (χ1) is 5.50. The maximum Gasteiger partial charge on any atom is 0.110 e. The van der Waals surface area contributed by atoms with Gasteiger partial charge in [-0.25, -0.2) is 4.39 Å². The van der Waals surface area contributed by atoms with Crippen LogP contribution in [0.15, 0.2) is 0 Å². The molecule has 1 unspecified atom stereocenters. The molecule has 0 aromatic heterocycles. The van der Waals surface area contributed by atoms with E-state index in [2.05, 4.69) is 0 Å². The summed E-state index contributed by atoms with van der Waals surface area (Å²) in [5, 5.41) is 0. The summed E-state index contributed by atoms with van der Waals surface area (Å²) in [4.78, 5) is 0. The first-order valence-corrected chi connectivity index (χ1v) is 5.19. The summed E-state index contributed by atoms with van der Waals surface area (Å²) in [5.41, 5.74) is -0.958. The minimum atomic E-state index is -0.958. The Balaban J connectivity index is -0.000000175. The Hall–Kier alpha value is -0.0700. The van der Waals surface area contributed by atoms with E-state index in [1.54, 1.807) is 6.92 Å². The Kier molecular flexibility index (Phi) is 16.3. The summed E-state index contributed by atoms with van der Waals surface area (Å²) in [6.07, 6.45) is 0.616. The summed E-state index contributed by atoms with van der Waals surface area (Å²) in [6.45, 7) is 15.3. The van der Waals surface area contributed by atoms with E-state index in [1.807, 2.05) is 48.5 Å². The highest BCUT2D eigenvalue weighted by atomic mass is 19.1. The summed E-state index contributed by atoms with van der Waals surface area (Å²) in [5.74, 6) is 0.146. The molecule has 0 heterocycles. The van der Waals surface area contributed by atoms with Gasteiger partial charge < -0.3 is 0 Å². The van der Waals surface area contributed by atoms with Crippen molar-refractivity contribution in [3.05, 3.63) is 0 Å². The van der Waals surface area contributed by atoms with Crippen LogP contribution in [0.2, 0.25) is 0 Å². The molecule has 0 spiro atoms.